The molecule has 0 fully saturated rings. The molecule has 0 saturated heterocycles. The Bertz CT molecular complexity index is 892. The van der Waals surface area contributed by atoms with Crippen LogP contribution in [0.25, 0.3) is 0 Å². The Balaban J connectivity index is 1.52. The highest BCUT2D eigenvalue weighted by Gasteiger charge is 2.18. The van der Waals surface area contributed by atoms with Crippen molar-refractivity contribution in [1.29, 1.82) is 0 Å². The molecule has 0 aliphatic rings. The highest BCUT2D eigenvalue weighted by atomic mass is 16.6. The van der Waals surface area contributed by atoms with Gasteiger partial charge in [-0.3, -0.25) is 14.9 Å². The second kappa shape index (κ2) is 9.98. The van der Waals surface area contributed by atoms with Crippen LogP contribution in [0.4, 0.5) is 11.5 Å². The maximum atomic E-state index is 12.4. The number of anilines is 1. The Morgan fingerprint density at radius 1 is 1.00 bits per heavy atom. The number of benzene rings is 2. The molecule has 1 aromatic heterocycles. The van der Waals surface area contributed by atoms with Crippen LogP contribution in [0.5, 0.6) is 0 Å². The number of rotatable bonds is 9. The average Bonchev–Trinajstić information content (AvgIpc) is 2.76. The van der Waals surface area contributed by atoms with Crippen LogP contribution in [0, 0.1) is 10.1 Å². The molecule has 0 saturated carbocycles. The summed E-state index contributed by atoms with van der Waals surface area (Å²) in [6, 6.07) is 22.6. The number of nitro groups is 1. The van der Waals surface area contributed by atoms with Crippen molar-refractivity contribution in [3.8, 4) is 0 Å². The molecule has 7 nitrogen and oxygen atoms in total. The zero-order valence-corrected chi connectivity index (χ0v) is 15.7. The zero-order chi connectivity index (χ0) is 20.5. The summed E-state index contributed by atoms with van der Waals surface area (Å²) in [5.41, 5.74) is 2.04. The summed E-state index contributed by atoms with van der Waals surface area (Å²) in [7, 11) is 0. The average molecular weight is 391 g/mol. The first-order chi connectivity index (χ1) is 14.1. The highest BCUT2D eigenvalue weighted by Crippen LogP contribution is 2.28. The first kappa shape index (κ1) is 20.0. The topological polar surface area (TPSA) is 94.4 Å². The Morgan fingerprint density at radius 2 is 1.62 bits per heavy atom. The number of nitrogens with one attached hydrogen (secondary N) is 1. The molecule has 0 aliphatic heterocycles. The van der Waals surface area contributed by atoms with E-state index >= 15 is 0 Å². The predicted molar refractivity (Wildman–Crippen MR) is 110 cm³/mol. The summed E-state index contributed by atoms with van der Waals surface area (Å²) >= 11 is 0. The summed E-state index contributed by atoms with van der Waals surface area (Å²) in [5, 5.41) is 13.6. The first-order valence-electron chi connectivity index (χ1n) is 9.23. The van der Waals surface area contributed by atoms with Gasteiger partial charge in [-0.15, -0.1) is 0 Å². The van der Waals surface area contributed by atoms with Gasteiger partial charge in [0.15, 0.2) is 0 Å². The lowest BCUT2D eigenvalue weighted by molar-refractivity contribution is -0.385. The SMILES string of the molecule is O=C(CC(c1ccccc1)c1ccccc1)OCCNc1ccc([N+](=O)[O-])cn1. The maximum absolute atomic E-state index is 12.4. The smallest absolute Gasteiger partial charge is 0.306 e. The number of carbonyl (C=O) groups is 1. The quantitative estimate of drug-likeness (QED) is 0.255. The highest BCUT2D eigenvalue weighted by molar-refractivity contribution is 5.71. The van der Waals surface area contributed by atoms with Crippen LogP contribution >= 0.6 is 0 Å². The number of aromatic nitrogens is 1. The number of ether oxygens (including phenoxy) is 1. The van der Waals surface area contributed by atoms with Crippen molar-refractivity contribution in [2.75, 3.05) is 18.5 Å². The van der Waals surface area contributed by atoms with E-state index in [1.165, 1.54) is 18.3 Å². The largest absolute Gasteiger partial charge is 0.464 e. The molecular formula is C22H21N3O4. The Labute approximate surface area is 168 Å². The molecule has 3 rings (SSSR count). The van der Waals surface area contributed by atoms with E-state index in [4.69, 9.17) is 4.74 Å². The molecule has 1 heterocycles. The van der Waals surface area contributed by atoms with E-state index in [1.807, 2.05) is 60.7 Å². The molecule has 29 heavy (non-hydrogen) atoms. The van der Waals surface area contributed by atoms with Crippen LogP contribution in [0.15, 0.2) is 79.0 Å². The molecule has 1 N–H and O–H groups in total. The molecule has 3 aromatic rings. The van der Waals surface area contributed by atoms with Gasteiger partial charge in [0, 0.05) is 12.0 Å². The van der Waals surface area contributed by atoms with E-state index < -0.39 is 4.92 Å². The van der Waals surface area contributed by atoms with E-state index in [2.05, 4.69) is 10.3 Å². The van der Waals surface area contributed by atoms with Gasteiger partial charge in [0.05, 0.1) is 17.9 Å². The Hall–Kier alpha value is -3.74. The Kier molecular flexibility index (Phi) is 6.89. The standard InChI is InChI=1S/C22H21N3O4/c26-22(29-14-13-23-21-12-11-19(16-24-21)25(27)28)15-20(17-7-3-1-4-8-17)18-9-5-2-6-10-18/h1-12,16,20H,13-15H2,(H,23,24). The van der Waals surface area contributed by atoms with Gasteiger partial charge < -0.3 is 10.1 Å². The Morgan fingerprint density at radius 3 is 2.14 bits per heavy atom. The molecule has 0 aliphatic carbocycles. The zero-order valence-electron chi connectivity index (χ0n) is 15.7. The van der Waals surface area contributed by atoms with E-state index in [-0.39, 0.29) is 30.6 Å². The van der Waals surface area contributed by atoms with Crippen LogP contribution in [-0.4, -0.2) is 29.0 Å². The number of pyridine rings is 1. The van der Waals surface area contributed by atoms with Crippen molar-refractivity contribution < 1.29 is 14.5 Å². The summed E-state index contributed by atoms with van der Waals surface area (Å²) < 4.78 is 5.36. The van der Waals surface area contributed by atoms with Gasteiger partial charge >= 0.3 is 5.97 Å². The molecule has 7 heteroatoms. The molecule has 0 bridgehead atoms. The third-order valence-electron chi connectivity index (χ3n) is 4.40. The van der Waals surface area contributed by atoms with Gasteiger partial charge in [0.2, 0.25) is 0 Å². The molecule has 0 spiro atoms. The van der Waals surface area contributed by atoms with Gasteiger partial charge in [-0.25, -0.2) is 4.98 Å². The second-order valence-corrected chi connectivity index (χ2v) is 6.38. The third-order valence-corrected chi connectivity index (χ3v) is 4.40. The third kappa shape index (κ3) is 5.87. The number of nitrogens with zero attached hydrogens (tertiary/aromatic N) is 2. The predicted octanol–water partition coefficient (Wildman–Crippen LogP) is 4.17. The number of hydrogen-bond donors (Lipinski definition) is 1. The van der Waals surface area contributed by atoms with Crippen LogP contribution < -0.4 is 5.32 Å². The maximum Gasteiger partial charge on any atom is 0.306 e. The fourth-order valence-electron chi connectivity index (χ4n) is 2.97. The molecule has 148 valence electrons. The van der Waals surface area contributed by atoms with Gasteiger partial charge in [0.25, 0.3) is 5.69 Å². The van der Waals surface area contributed by atoms with Gasteiger partial charge in [-0.1, -0.05) is 60.7 Å². The van der Waals surface area contributed by atoms with Crippen molar-refractivity contribution in [3.05, 3.63) is 100 Å². The van der Waals surface area contributed by atoms with Crippen molar-refractivity contribution in [2.45, 2.75) is 12.3 Å². The first-order valence-corrected chi connectivity index (χ1v) is 9.23. The van der Waals surface area contributed by atoms with Crippen LogP contribution in [0.2, 0.25) is 0 Å². The van der Waals surface area contributed by atoms with Crippen LogP contribution in [0.1, 0.15) is 23.5 Å². The fourth-order valence-corrected chi connectivity index (χ4v) is 2.97. The van der Waals surface area contributed by atoms with E-state index in [1.54, 1.807) is 0 Å². The van der Waals surface area contributed by atoms with Crippen LogP contribution in [0.3, 0.4) is 0 Å². The minimum Gasteiger partial charge on any atom is -0.464 e. The molecule has 0 amide bonds. The summed E-state index contributed by atoms with van der Waals surface area (Å²) in [6.07, 6.45) is 1.42. The van der Waals surface area contributed by atoms with Crippen molar-refractivity contribution in [2.24, 2.45) is 0 Å². The van der Waals surface area contributed by atoms with Gasteiger partial charge in [-0.05, 0) is 17.2 Å². The summed E-state index contributed by atoms with van der Waals surface area (Å²) in [5.74, 6) is 0.119. The summed E-state index contributed by atoms with van der Waals surface area (Å²) in [6.45, 7) is 0.533. The fraction of sp³-hybridized carbons (Fsp3) is 0.182. The molecular weight excluding hydrogens is 370 g/mol. The van der Waals surface area contributed by atoms with Crippen molar-refractivity contribution in [1.82, 2.24) is 4.98 Å². The number of hydrogen-bond acceptors (Lipinski definition) is 6. The minimum absolute atomic E-state index is 0.0742. The summed E-state index contributed by atoms with van der Waals surface area (Å²) in [4.78, 5) is 26.5. The lowest BCUT2D eigenvalue weighted by Gasteiger charge is -2.17. The van der Waals surface area contributed by atoms with Gasteiger partial charge in [-0.2, -0.15) is 0 Å². The van der Waals surface area contributed by atoms with Crippen molar-refractivity contribution >= 4 is 17.5 Å². The lowest BCUT2D eigenvalue weighted by Crippen LogP contribution is -2.17. The molecule has 0 atom stereocenters. The number of esters is 1. The van der Waals surface area contributed by atoms with Crippen LogP contribution in [-0.2, 0) is 9.53 Å². The van der Waals surface area contributed by atoms with E-state index in [9.17, 15) is 14.9 Å². The molecule has 0 radical (unpaired) electrons. The van der Waals surface area contributed by atoms with Gasteiger partial charge in [0.1, 0.15) is 18.6 Å². The second-order valence-electron chi connectivity index (χ2n) is 6.38. The monoisotopic (exact) mass is 391 g/mol. The number of carbonyl (C=O) groups excluding carboxylic acids is 1. The minimum atomic E-state index is -0.506. The molecule has 2 aromatic carbocycles. The lowest BCUT2D eigenvalue weighted by atomic mass is 9.89. The normalized spacial score (nSPS) is 10.5. The molecule has 0 unspecified atom stereocenters. The van der Waals surface area contributed by atoms with Crippen molar-refractivity contribution in [3.63, 3.8) is 0 Å². The van der Waals surface area contributed by atoms with E-state index in [0.717, 1.165) is 11.1 Å². The van der Waals surface area contributed by atoms with E-state index in [0.29, 0.717) is 12.4 Å².